The third-order valence-corrected chi connectivity index (χ3v) is 2.71. The molecule has 70 valence electrons. The third kappa shape index (κ3) is 2.26. The van der Waals surface area contributed by atoms with Crippen molar-refractivity contribution in [3.05, 3.63) is 29.4 Å². The Morgan fingerprint density at radius 1 is 1.46 bits per heavy atom. The third-order valence-electron chi connectivity index (χ3n) is 1.57. The van der Waals surface area contributed by atoms with Crippen LogP contribution in [0.4, 0.5) is 0 Å². The van der Waals surface area contributed by atoms with E-state index in [4.69, 9.17) is 5.73 Å². The van der Waals surface area contributed by atoms with Crippen LogP contribution in [0.1, 0.15) is 18.7 Å². The molecule has 2 aromatic heterocycles. The summed E-state index contributed by atoms with van der Waals surface area (Å²) in [7, 11) is 0. The van der Waals surface area contributed by atoms with Gasteiger partial charge in [0.1, 0.15) is 0 Å². The van der Waals surface area contributed by atoms with Crippen LogP contribution in [-0.4, -0.2) is 4.98 Å². The highest BCUT2D eigenvalue weighted by Crippen LogP contribution is 2.23. The zero-order valence-electron chi connectivity index (χ0n) is 7.95. The van der Waals surface area contributed by atoms with Crippen molar-refractivity contribution in [1.29, 1.82) is 0 Å². The van der Waals surface area contributed by atoms with Gasteiger partial charge in [0.15, 0.2) is 0 Å². The summed E-state index contributed by atoms with van der Waals surface area (Å²) in [5.41, 5.74) is 5.50. The molecular formula is C10H14N2S. The molecule has 2 nitrogen and oxygen atoms in total. The van der Waals surface area contributed by atoms with E-state index in [2.05, 4.69) is 11.1 Å². The summed E-state index contributed by atoms with van der Waals surface area (Å²) in [6, 6.07) is 4.10. The van der Waals surface area contributed by atoms with Crippen molar-refractivity contribution in [2.45, 2.75) is 20.4 Å². The molecule has 13 heavy (non-hydrogen) atoms. The van der Waals surface area contributed by atoms with E-state index in [-0.39, 0.29) is 0 Å². The predicted molar refractivity (Wildman–Crippen MR) is 58.9 cm³/mol. The largest absolute Gasteiger partial charge is 0.326 e. The zero-order chi connectivity index (χ0) is 9.68. The molecule has 0 aliphatic heterocycles. The fourth-order valence-electron chi connectivity index (χ4n) is 1.04. The van der Waals surface area contributed by atoms with E-state index in [1.54, 1.807) is 17.5 Å². The van der Waals surface area contributed by atoms with E-state index in [0.717, 1.165) is 0 Å². The number of pyridine rings is 1. The normalized spacial score (nSPS) is 9.46. The van der Waals surface area contributed by atoms with Crippen LogP contribution in [-0.2, 0) is 6.54 Å². The minimum atomic E-state index is 0.624. The Labute approximate surface area is 82.4 Å². The quantitative estimate of drug-likeness (QED) is 0.758. The first kappa shape index (κ1) is 10.2. The van der Waals surface area contributed by atoms with E-state index in [1.165, 1.54) is 15.0 Å². The fourth-order valence-corrected chi connectivity index (χ4v) is 1.95. The number of nitrogens with zero attached hydrogens (tertiary/aromatic N) is 1. The van der Waals surface area contributed by atoms with Gasteiger partial charge in [0.05, 0.1) is 0 Å². The Morgan fingerprint density at radius 3 is 2.85 bits per heavy atom. The molecule has 2 aromatic rings. The van der Waals surface area contributed by atoms with Gasteiger partial charge in [0.2, 0.25) is 0 Å². The van der Waals surface area contributed by atoms with Crippen molar-refractivity contribution in [1.82, 2.24) is 4.98 Å². The topological polar surface area (TPSA) is 38.9 Å². The molecule has 0 saturated carbocycles. The first-order valence-corrected chi connectivity index (χ1v) is 5.24. The minimum Gasteiger partial charge on any atom is -0.326 e. The molecule has 2 rings (SSSR count). The van der Waals surface area contributed by atoms with E-state index >= 15 is 0 Å². The number of hydrogen-bond donors (Lipinski definition) is 1. The molecule has 0 spiro atoms. The van der Waals surface area contributed by atoms with Crippen LogP contribution >= 0.6 is 11.3 Å². The van der Waals surface area contributed by atoms with Crippen molar-refractivity contribution in [3.8, 4) is 0 Å². The maximum Gasteiger partial charge on any atom is 0.0376 e. The highest BCUT2D eigenvalue weighted by atomic mass is 32.1. The van der Waals surface area contributed by atoms with Crippen LogP contribution in [0.3, 0.4) is 0 Å². The molecule has 0 saturated heterocycles. The summed E-state index contributed by atoms with van der Waals surface area (Å²) < 4.78 is 1.26. The Hall–Kier alpha value is -0.930. The predicted octanol–water partition coefficient (Wildman–Crippen LogP) is 2.78. The van der Waals surface area contributed by atoms with Crippen molar-refractivity contribution < 1.29 is 0 Å². The molecule has 0 aliphatic carbocycles. The number of aromatic nitrogens is 1. The highest BCUT2D eigenvalue weighted by molar-refractivity contribution is 7.19. The van der Waals surface area contributed by atoms with Crippen LogP contribution < -0.4 is 5.73 Å². The molecule has 0 fully saturated rings. The van der Waals surface area contributed by atoms with Gasteiger partial charge in [-0.1, -0.05) is 13.8 Å². The number of rotatable bonds is 1. The second-order valence-electron chi connectivity index (χ2n) is 2.33. The van der Waals surface area contributed by atoms with Crippen LogP contribution in [0.2, 0.25) is 0 Å². The standard InChI is InChI=1S/C8H8N2S.C2H6/c9-4-7-3-6-5-10-2-1-8(6)11-7;1-2/h1-3,5H,4,9H2;1-2H3. The number of hydrogen-bond acceptors (Lipinski definition) is 3. The van der Waals surface area contributed by atoms with Gasteiger partial charge in [-0.3, -0.25) is 4.98 Å². The van der Waals surface area contributed by atoms with Gasteiger partial charge in [-0.25, -0.2) is 0 Å². The van der Waals surface area contributed by atoms with Gasteiger partial charge in [-0.15, -0.1) is 11.3 Å². The van der Waals surface area contributed by atoms with Crippen molar-refractivity contribution >= 4 is 21.4 Å². The van der Waals surface area contributed by atoms with Gasteiger partial charge in [-0.2, -0.15) is 0 Å². The monoisotopic (exact) mass is 194 g/mol. The summed E-state index contributed by atoms with van der Waals surface area (Å²) in [6.07, 6.45) is 3.67. The summed E-state index contributed by atoms with van der Waals surface area (Å²) in [5, 5.41) is 1.19. The summed E-state index contributed by atoms with van der Waals surface area (Å²) in [5.74, 6) is 0. The van der Waals surface area contributed by atoms with Gasteiger partial charge in [0.25, 0.3) is 0 Å². The molecule has 0 aromatic carbocycles. The highest BCUT2D eigenvalue weighted by Gasteiger charge is 1.97. The first-order chi connectivity index (χ1) is 6.40. The first-order valence-electron chi connectivity index (χ1n) is 4.42. The molecule has 2 N–H and O–H groups in total. The summed E-state index contributed by atoms with van der Waals surface area (Å²) in [4.78, 5) is 5.24. The molecule has 0 unspecified atom stereocenters. The minimum absolute atomic E-state index is 0.624. The molecule has 0 radical (unpaired) electrons. The van der Waals surface area contributed by atoms with Crippen molar-refractivity contribution in [3.63, 3.8) is 0 Å². The second-order valence-corrected chi connectivity index (χ2v) is 3.50. The Bertz CT molecular complexity index is 335. The number of fused-ring (bicyclic) bond motifs is 1. The zero-order valence-corrected chi connectivity index (χ0v) is 8.77. The Kier molecular flexibility index (Phi) is 3.86. The average molecular weight is 194 g/mol. The fraction of sp³-hybridized carbons (Fsp3) is 0.300. The maximum absolute atomic E-state index is 5.50. The van der Waals surface area contributed by atoms with Gasteiger partial charge in [-0.05, 0) is 12.1 Å². The molecule has 2 heterocycles. The van der Waals surface area contributed by atoms with Gasteiger partial charge in [0, 0.05) is 33.9 Å². The summed E-state index contributed by atoms with van der Waals surface area (Å²) in [6.45, 7) is 4.62. The van der Waals surface area contributed by atoms with Crippen LogP contribution in [0.5, 0.6) is 0 Å². The lowest BCUT2D eigenvalue weighted by atomic mass is 10.3. The molecule has 3 heteroatoms. The maximum atomic E-state index is 5.50. The lowest BCUT2D eigenvalue weighted by molar-refractivity contribution is 1.11. The van der Waals surface area contributed by atoms with Gasteiger partial charge < -0.3 is 5.73 Å². The van der Waals surface area contributed by atoms with Crippen molar-refractivity contribution in [2.75, 3.05) is 0 Å². The van der Waals surface area contributed by atoms with Crippen LogP contribution in [0, 0.1) is 0 Å². The SMILES string of the molecule is CC.NCc1cc2cnccc2s1. The lowest BCUT2D eigenvalue weighted by Gasteiger charge is -1.81. The van der Waals surface area contributed by atoms with Gasteiger partial charge >= 0.3 is 0 Å². The molecule has 0 bridgehead atoms. The average Bonchev–Trinajstić information content (AvgIpc) is 2.63. The summed E-state index contributed by atoms with van der Waals surface area (Å²) >= 11 is 1.73. The van der Waals surface area contributed by atoms with Crippen LogP contribution in [0.15, 0.2) is 24.5 Å². The molecular weight excluding hydrogens is 180 g/mol. The van der Waals surface area contributed by atoms with E-state index < -0.39 is 0 Å². The molecule has 0 aliphatic rings. The lowest BCUT2D eigenvalue weighted by Crippen LogP contribution is -1.90. The Morgan fingerprint density at radius 2 is 2.23 bits per heavy atom. The number of thiophene rings is 1. The number of nitrogens with two attached hydrogens (primary N) is 1. The van der Waals surface area contributed by atoms with Crippen molar-refractivity contribution in [2.24, 2.45) is 5.73 Å². The van der Waals surface area contributed by atoms with E-state index in [1.807, 2.05) is 26.1 Å². The van der Waals surface area contributed by atoms with E-state index in [0.29, 0.717) is 6.54 Å². The molecule has 0 atom stereocenters. The second kappa shape index (κ2) is 4.94. The van der Waals surface area contributed by atoms with E-state index in [9.17, 15) is 0 Å². The van der Waals surface area contributed by atoms with Crippen LogP contribution in [0.25, 0.3) is 10.1 Å². The molecule has 0 amide bonds. The smallest absolute Gasteiger partial charge is 0.0376 e. The Balaban J connectivity index is 0.000000396.